The average Bonchev–Trinajstić information content (AvgIpc) is 2.82. The van der Waals surface area contributed by atoms with Gasteiger partial charge in [-0.2, -0.15) is 0 Å². The highest BCUT2D eigenvalue weighted by Crippen LogP contribution is 2.30. The number of anilines is 1. The summed E-state index contributed by atoms with van der Waals surface area (Å²) in [5.41, 5.74) is 5.22. The molecule has 0 aliphatic heterocycles. The monoisotopic (exact) mass is 281 g/mol. The predicted molar refractivity (Wildman–Crippen MR) is 76.5 cm³/mol. The first-order chi connectivity index (χ1) is 9.03. The van der Waals surface area contributed by atoms with Gasteiger partial charge in [0, 0.05) is 0 Å². The van der Waals surface area contributed by atoms with Gasteiger partial charge in [0.2, 0.25) is 0 Å². The normalized spacial score (nSPS) is 16.9. The van der Waals surface area contributed by atoms with Crippen LogP contribution in [0.5, 0.6) is 0 Å². The number of carbonyl (C=O) groups is 1. The summed E-state index contributed by atoms with van der Waals surface area (Å²) in [7, 11) is 0. The summed E-state index contributed by atoms with van der Waals surface area (Å²) in [4.78, 5) is 12.2. The van der Waals surface area contributed by atoms with Crippen molar-refractivity contribution < 1.29 is 9.18 Å². The third-order valence-electron chi connectivity index (χ3n) is 3.40. The largest absolute Gasteiger partial charge is 0.391 e. The fourth-order valence-corrected chi connectivity index (χ4v) is 2.60. The Morgan fingerprint density at radius 1 is 1.32 bits per heavy atom. The van der Waals surface area contributed by atoms with Crippen LogP contribution in [-0.2, 0) is 0 Å². The molecule has 1 fully saturated rings. The van der Waals surface area contributed by atoms with E-state index in [1.165, 1.54) is 12.1 Å². The average molecular weight is 281 g/mol. The van der Waals surface area contributed by atoms with Crippen molar-refractivity contribution in [3.05, 3.63) is 30.1 Å². The van der Waals surface area contributed by atoms with E-state index in [9.17, 15) is 9.18 Å². The van der Waals surface area contributed by atoms with Gasteiger partial charge in [0.25, 0.3) is 0 Å². The minimum atomic E-state index is -0.634. The number of urea groups is 1. The molecular weight excluding hydrogens is 265 g/mol. The van der Waals surface area contributed by atoms with Crippen LogP contribution in [0.3, 0.4) is 0 Å². The third kappa shape index (κ3) is 3.01. The SMILES string of the molecule is NC(=S)C1(NC(=O)Nc2ccccc2F)CCCC1. The van der Waals surface area contributed by atoms with Crippen LogP contribution in [0.2, 0.25) is 0 Å². The van der Waals surface area contributed by atoms with E-state index >= 15 is 0 Å². The van der Waals surface area contributed by atoms with Crippen LogP contribution in [0, 0.1) is 5.82 Å². The summed E-state index contributed by atoms with van der Waals surface area (Å²) in [5, 5.41) is 5.26. The highest BCUT2D eigenvalue weighted by atomic mass is 32.1. The molecule has 0 radical (unpaired) electrons. The quantitative estimate of drug-likeness (QED) is 0.746. The molecule has 0 aromatic heterocycles. The number of amides is 2. The van der Waals surface area contributed by atoms with Crippen LogP contribution < -0.4 is 16.4 Å². The van der Waals surface area contributed by atoms with Gasteiger partial charge >= 0.3 is 6.03 Å². The Hall–Kier alpha value is -1.69. The lowest BCUT2D eigenvalue weighted by molar-refractivity contribution is 0.245. The maximum Gasteiger partial charge on any atom is 0.320 e. The van der Waals surface area contributed by atoms with E-state index in [4.69, 9.17) is 18.0 Å². The topological polar surface area (TPSA) is 67.1 Å². The van der Waals surface area contributed by atoms with Gasteiger partial charge in [-0.1, -0.05) is 37.2 Å². The Kier molecular flexibility index (Phi) is 3.99. The van der Waals surface area contributed by atoms with Gasteiger partial charge in [-0.05, 0) is 25.0 Å². The molecule has 2 rings (SSSR count). The van der Waals surface area contributed by atoms with Crippen molar-refractivity contribution >= 4 is 28.9 Å². The van der Waals surface area contributed by atoms with Crippen LogP contribution in [0.15, 0.2) is 24.3 Å². The molecule has 1 aromatic rings. The molecule has 0 saturated heterocycles. The number of carbonyl (C=O) groups excluding carboxylic acids is 1. The number of nitrogens with one attached hydrogen (secondary N) is 2. The van der Waals surface area contributed by atoms with Gasteiger partial charge in [-0.25, -0.2) is 9.18 Å². The zero-order valence-corrected chi connectivity index (χ0v) is 11.2. The second-order valence-corrected chi connectivity index (χ2v) is 5.15. The Morgan fingerprint density at radius 3 is 2.53 bits per heavy atom. The van der Waals surface area contributed by atoms with Crippen LogP contribution in [0.1, 0.15) is 25.7 Å². The van der Waals surface area contributed by atoms with E-state index in [0.717, 1.165) is 25.7 Å². The molecule has 4 N–H and O–H groups in total. The zero-order valence-electron chi connectivity index (χ0n) is 10.4. The number of hydrogen-bond acceptors (Lipinski definition) is 2. The predicted octanol–water partition coefficient (Wildman–Crippen LogP) is 2.55. The van der Waals surface area contributed by atoms with E-state index in [1.807, 2.05) is 0 Å². The fourth-order valence-electron chi connectivity index (χ4n) is 2.35. The molecule has 0 atom stereocenters. The molecule has 0 heterocycles. The molecule has 1 aromatic carbocycles. The fraction of sp³-hybridized carbons (Fsp3) is 0.385. The Labute approximate surface area is 116 Å². The second kappa shape index (κ2) is 5.52. The van der Waals surface area contributed by atoms with Gasteiger partial charge < -0.3 is 16.4 Å². The first kappa shape index (κ1) is 13.7. The lowest BCUT2D eigenvalue weighted by Crippen LogP contribution is -2.56. The zero-order chi connectivity index (χ0) is 13.9. The number of nitrogens with two attached hydrogens (primary N) is 1. The van der Waals surface area contributed by atoms with Crippen molar-refractivity contribution in [2.75, 3.05) is 5.32 Å². The maximum absolute atomic E-state index is 13.4. The van der Waals surface area contributed by atoms with E-state index < -0.39 is 17.4 Å². The van der Waals surface area contributed by atoms with Crippen molar-refractivity contribution in [1.29, 1.82) is 0 Å². The summed E-state index contributed by atoms with van der Waals surface area (Å²) in [6.45, 7) is 0. The highest BCUT2D eigenvalue weighted by molar-refractivity contribution is 7.80. The van der Waals surface area contributed by atoms with Gasteiger partial charge in [0.15, 0.2) is 0 Å². The Morgan fingerprint density at radius 2 is 1.95 bits per heavy atom. The van der Waals surface area contributed by atoms with Gasteiger partial charge in [0.05, 0.1) is 16.2 Å². The first-order valence-corrected chi connectivity index (χ1v) is 6.58. The number of thiocarbonyl (C=S) groups is 1. The summed E-state index contributed by atoms with van der Waals surface area (Å²) in [6, 6.07) is 5.51. The molecule has 0 spiro atoms. The molecule has 1 aliphatic rings. The highest BCUT2D eigenvalue weighted by Gasteiger charge is 2.38. The minimum Gasteiger partial charge on any atom is -0.391 e. The summed E-state index contributed by atoms with van der Waals surface area (Å²) >= 11 is 5.04. The summed E-state index contributed by atoms with van der Waals surface area (Å²) in [6.07, 6.45) is 3.40. The van der Waals surface area contributed by atoms with E-state index in [-0.39, 0.29) is 10.7 Å². The van der Waals surface area contributed by atoms with Crippen LogP contribution in [-0.4, -0.2) is 16.6 Å². The van der Waals surface area contributed by atoms with Crippen molar-refractivity contribution in [1.82, 2.24) is 5.32 Å². The number of rotatable bonds is 3. The summed E-state index contributed by atoms with van der Waals surface area (Å²) < 4.78 is 13.4. The summed E-state index contributed by atoms with van der Waals surface area (Å²) in [5.74, 6) is -0.478. The standard InChI is InChI=1S/C13H16FN3OS/c14-9-5-1-2-6-10(9)16-12(18)17-13(11(15)19)7-3-4-8-13/h1-2,5-6H,3-4,7-8H2,(H2,15,19)(H2,16,17,18). The Balaban J connectivity index is 2.05. The lowest BCUT2D eigenvalue weighted by atomic mass is 9.98. The number of halogens is 1. The third-order valence-corrected chi connectivity index (χ3v) is 3.79. The first-order valence-electron chi connectivity index (χ1n) is 6.17. The molecular formula is C13H16FN3OS. The molecule has 0 unspecified atom stereocenters. The second-order valence-electron chi connectivity index (χ2n) is 4.71. The van der Waals surface area contributed by atoms with Crippen LogP contribution >= 0.6 is 12.2 Å². The molecule has 19 heavy (non-hydrogen) atoms. The van der Waals surface area contributed by atoms with E-state index in [1.54, 1.807) is 12.1 Å². The number of benzene rings is 1. The molecule has 2 amide bonds. The van der Waals surface area contributed by atoms with Gasteiger partial charge in [0.1, 0.15) is 5.82 Å². The van der Waals surface area contributed by atoms with Crippen molar-refractivity contribution in [2.45, 2.75) is 31.2 Å². The van der Waals surface area contributed by atoms with E-state index in [2.05, 4.69) is 10.6 Å². The number of para-hydroxylation sites is 1. The van der Waals surface area contributed by atoms with Crippen LogP contribution in [0.25, 0.3) is 0 Å². The van der Waals surface area contributed by atoms with Crippen molar-refractivity contribution in [2.24, 2.45) is 5.73 Å². The number of hydrogen-bond donors (Lipinski definition) is 3. The lowest BCUT2D eigenvalue weighted by Gasteiger charge is -2.29. The molecule has 4 nitrogen and oxygen atoms in total. The molecule has 1 saturated carbocycles. The minimum absolute atomic E-state index is 0.135. The van der Waals surface area contributed by atoms with Crippen molar-refractivity contribution in [3.8, 4) is 0 Å². The maximum atomic E-state index is 13.4. The molecule has 0 bridgehead atoms. The van der Waals surface area contributed by atoms with Crippen LogP contribution in [0.4, 0.5) is 14.9 Å². The Bertz CT molecular complexity index is 500. The smallest absolute Gasteiger partial charge is 0.320 e. The van der Waals surface area contributed by atoms with Crippen molar-refractivity contribution in [3.63, 3.8) is 0 Å². The molecule has 6 heteroatoms. The molecule has 1 aliphatic carbocycles. The van der Waals surface area contributed by atoms with Gasteiger partial charge in [-0.3, -0.25) is 0 Å². The van der Waals surface area contributed by atoms with Gasteiger partial charge in [-0.15, -0.1) is 0 Å². The molecule has 102 valence electrons. The van der Waals surface area contributed by atoms with E-state index in [0.29, 0.717) is 0 Å².